The van der Waals surface area contributed by atoms with Crippen LogP contribution in [0.4, 0.5) is 5.69 Å². The molecule has 0 aromatic heterocycles. The number of aliphatic hydroxyl groups is 1. The average molecular weight is 304 g/mol. The molecule has 0 bridgehead atoms. The van der Waals surface area contributed by atoms with Crippen molar-refractivity contribution in [2.24, 2.45) is 0 Å². The third kappa shape index (κ3) is 4.63. The molecule has 1 heterocycles. The van der Waals surface area contributed by atoms with Gasteiger partial charge in [0, 0.05) is 32.7 Å². The number of hydrogen-bond donors (Lipinski definition) is 1. The van der Waals surface area contributed by atoms with Crippen LogP contribution in [0.3, 0.4) is 0 Å². The number of anilines is 1. The fourth-order valence-electron chi connectivity index (χ4n) is 2.67. The first-order valence-corrected chi connectivity index (χ1v) is 7.54. The number of terminal acetylenes is 1. The molecule has 1 aromatic rings. The summed E-state index contributed by atoms with van der Waals surface area (Å²) in [6.45, 7) is 4.80. The van der Waals surface area contributed by atoms with Crippen molar-refractivity contribution in [2.45, 2.75) is 6.10 Å². The number of rotatable bonds is 7. The highest BCUT2D eigenvalue weighted by Gasteiger charge is 2.21. The van der Waals surface area contributed by atoms with Crippen LogP contribution in [0.15, 0.2) is 24.3 Å². The van der Waals surface area contributed by atoms with Gasteiger partial charge >= 0.3 is 0 Å². The molecule has 1 atom stereocenters. The van der Waals surface area contributed by atoms with E-state index >= 15 is 0 Å². The Kier molecular flexibility index (Phi) is 6.53. The number of methoxy groups -OCH3 is 1. The minimum absolute atomic E-state index is 0.249. The van der Waals surface area contributed by atoms with Crippen LogP contribution in [0.1, 0.15) is 0 Å². The van der Waals surface area contributed by atoms with Gasteiger partial charge in [0.05, 0.1) is 25.5 Å². The molecule has 0 spiro atoms. The van der Waals surface area contributed by atoms with E-state index in [9.17, 15) is 5.11 Å². The Hall–Kier alpha value is -1.74. The van der Waals surface area contributed by atoms with Gasteiger partial charge in [-0.3, -0.25) is 4.90 Å². The molecular formula is C17H24N2O3. The minimum Gasteiger partial charge on any atom is -0.495 e. The van der Waals surface area contributed by atoms with E-state index in [-0.39, 0.29) is 13.2 Å². The summed E-state index contributed by atoms with van der Waals surface area (Å²) in [7, 11) is 1.70. The van der Waals surface area contributed by atoms with Crippen molar-refractivity contribution in [3.8, 4) is 18.1 Å². The molecule has 0 unspecified atom stereocenters. The Balaban J connectivity index is 1.79. The molecule has 1 saturated heterocycles. The molecule has 0 aliphatic carbocycles. The molecule has 1 fully saturated rings. The summed E-state index contributed by atoms with van der Waals surface area (Å²) in [5.74, 6) is 3.30. The number of β-amino-alcohol motifs (C(OH)–C–C–N with tert-alkyl or cyclic N) is 1. The monoisotopic (exact) mass is 304 g/mol. The lowest BCUT2D eigenvalue weighted by Gasteiger charge is -2.37. The van der Waals surface area contributed by atoms with Crippen LogP contribution in [0.5, 0.6) is 5.75 Å². The van der Waals surface area contributed by atoms with Crippen molar-refractivity contribution in [2.75, 3.05) is 57.9 Å². The van der Waals surface area contributed by atoms with Gasteiger partial charge in [-0.25, -0.2) is 0 Å². The number of aliphatic hydroxyl groups excluding tert-OH is 1. The summed E-state index contributed by atoms with van der Waals surface area (Å²) in [5, 5.41) is 9.92. The smallest absolute Gasteiger partial charge is 0.142 e. The fourth-order valence-corrected chi connectivity index (χ4v) is 2.67. The zero-order valence-electron chi connectivity index (χ0n) is 13.1. The first-order chi connectivity index (χ1) is 10.7. The number of nitrogens with zero attached hydrogens (tertiary/aromatic N) is 2. The van der Waals surface area contributed by atoms with Crippen molar-refractivity contribution >= 4 is 5.69 Å². The highest BCUT2D eigenvalue weighted by Crippen LogP contribution is 2.28. The molecule has 120 valence electrons. The van der Waals surface area contributed by atoms with Gasteiger partial charge in [0.2, 0.25) is 0 Å². The van der Waals surface area contributed by atoms with Crippen LogP contribution in [0.25, 0.3) is 0 Å². The number of ether oxygens (including phenoxy) is 2. The zero-order chi connectivity index (χ0) is 15.8. The Bertz CT molecular complexity index is 493. The number of benzene rings is 1. The van der Waals surface area contributed by atoms with E-state index in [1.807, 2.05) is 18.2 Å². The molecule has 1 aliphatic rings. The van der Waals surface area contributed by atoms with Crippen molar-refractivity contribution < 1.29 is 14.6 Å². The first kappa shape index (κ1) is 16.6. The third-order valence-electron chi connectivity index (χ3n) is 3.76. The van der Waals surface area contributed by atoms with Gasteiger partial charge < -0.3 is 19.5 Å². The van der Waals surface area contributed by atoms with Gasteiger partial charge in [-0.1, -0.05) is 18.1 Å². The lowest BCUT2D eigenvalue weighted by atomic mass is 10.2. The first-order valence-electron chi connectivity index (χ1n) is 7.54. The number of hydrogen-bond acceptors (Lipinski definition) is 5. The SMILES string of the molecule is C#CCOC[C@H](O)CN1CCN(c2ccccc2OC)CC1. The maximum absolute atomic E-state index is 9.92. The fraction of sp³-hybridized carbons (Fsp3) is 0.529. The summed E-state index contributed by atoms with van der Waals surface area (Å²) in [6, 6.07) is 8.06. The van der Waals surface area contributed by atoms with Gasteiger partial charge in [-0.15, -0.1) is 6.42 Å². The van der Waals surface area contributed by atoms with Gasteiger partial charge in [0.25, 0.3) is 0 Å². The van der Waals surface area contributed by atoms with Crippen molar-refractivity contribution in [1.29, 1.82) is 0 Å². The molecule has 1 N–H and O–H groups in total. The Labute approximate surface area is 132 Å². The molecular weight excluding hydrogens is 280 g/mol. The molecule has 0 amide bonds. The summed E-state index contributed by atoms with van der Waals surface area (Å²) in [6.07, 6.45) is 4.62. The van der Waals surface area contributed by atoms with Crippen LogP contribution >= 0.6 is 0 Å². The lowest BCUT2D eigenvalue weighted by Crippen LogP contribution is -2.49. The Morgan fingerprint density at radius 2 is 2.00 bits per heavy atom. The van der Waals surface area contributed by atoms with Crippen molar-refractivity contribution in [3.05, 3.63) is 24.3 Å². The van der Waals surface area contributed by atoms with E-state index in [4.69, 9.17) is 15.9 Å². The van der Waals surface area contributed by atoms with Crippen LogP contribution in [0, 0.1) is 12.3 Å². The van der Waals surface area contributed by atoms with Crippen molar-refractivity contribution in [1.82, 2.24) is 4.90 Å². The van der Waals surface area contributed by atoms with Crippen LogP contribution in [-0.4, -0.2) is 69.2 Å². The quantitative estimate of drug-likeness (QED) is 0.597. The van der Waals surface area contributed by atoms with E-state index in [0.717, 1.165) is 37.6 Å². The molecule has 5 nitrogen and oxygen atoms in total. The maximum Gasteiger partial charge on any atom is 0.142 e. The van der Waals surface area contributed by atoms with E-state index < -0.39 is 6.10 Å². The van der Waals surface area contributed by atoms with Crippen LogP contribution < -0.4 is 9.64 Å². The largest absolute Gasteiger partial charge is 0.495 e. The second-order valence-corrected chi connectivity index (χ2v) is 5.33. The average Bonchev–Trinajstić information content (AvgIpc) is 2.56. The molecule has 2 rings (SSSR count). The predicted molar refractivity (Wildman–Crippen MR) is 87.3 cm³/mol. The minimum atomic E-state index is -0.494. The predicted octanol–water partition coefficient (Wildman–Crippen LogP) is 0.828. The highest BCUT2D eigenvalue weighted by atomic mass is 16.5. The molecule has 5 heteroatoms. The Morgan fingerprint density at radius 1 is 1.27 bits per heavy atom. The topological polar surface area (TPSA) is 45.2 Å². The molecule has 1 aromatic carbocycles. The second kappa shape index (κ2) is 8.64. The third-order valence-corrected chi connectivity index (χ3v) is 3.76. The van der Waals surface area contributed by atoms with Gasteiger partial charge in [-0.2, -0.15) is 0 Å². The standard InChI is InChI=1S/C17H24N2O3/c1-3-12-22-14-15(20)13-18-8-10-19(11-9-18)16-6-4-5-7-17(16)21-2/h1,4-7,15,20H,8-14H2,2H3/t15-/m1/s1. The van der Waals surface area contributed by atoms with E-state index in [0.29, 0.717) is 6.54 Å². The van der Waals surface area contributed by atoms with E-state index in [2.05, 4.69) is 21.8 Å². The highest BCUT2D eigenvalue weighted by molar-refractivity contribution is 5.58. The van der Waals surface area contributed by atoms with Gasteiger partial charge in [0.1, 0.15) is 12.4 Å². The summed E-state index contributed by atoms with van der Waals surface area (Å²) in [4.78, 5) is 4.56. The lowest BCUT2D eigenvalue weighted by molar-refractivity contribution is 0.0267. The van der Waals surface area contributed by atoms with E-state index in [1.165, 1.54) is 0 Å². The summed E-state index contributed by atoms with van der Waals surface area (Å²) < 4.78 is 10.6. The Morgan fingerprint density at radius 3 is 2.68 bits per heavy atom. The molecule has 1 aliphatic heterocycles. The van der Waals surface area contributed by atoms with Crippen LogP contribution in [-0.2, 0) is 4.74 Å². The summed E-state index contributed by atoms with van der Waals surface area (Å²) >= 11 is 0. The number of piperazine rings is 1. The van der Waals surface area contributed by atoms with Gasteiger partial charge in [0.15, 0.2) is 0 Å². The maximum atomic E-state index is 9.92. The zero-order valence-corrected chi connectivity index (χ0v) is 13.1. The number of para-hydroxylation sites is 2. The van der Waals surface area contributed by atoms with Gasteiger partial charge in [-0.05, 0) is 12.1 Å². The molecule has 0 saturated carbocycles. The van der Waals surface area contributed by atoms with Crippen molar-refractivity contribution in [3.63, 3.8) is 0 Å². The van der Waals surface area contributed by atoms with E-state index in [1.54, 1.807) is 7.11 Å². The second-order valence-electron chi connectivity index (χ2n) is 5.33. The van der Waals surface area contributed by atoms with Crippen LogP contribution in [0.2, 0.25) is 0 Å². The normalized spacial score (nSPS) is 17.0. The summed E-state index contributed by atoms with van der Waals surface area (Å²) in [5.41, 5.74) is 1.13. The molecule has 22 heavy (non-hydrogen) atoms. The molecule has 0 radical (unpaired) electrons.